The van der Waals surface area contributed by atoms with E-state index in [9.17, 15) is 13.5 Å². The lowest BCUT2D eigenvalue weighted by Gasteiger charge is -2.17. The normalized spacial score (nSPS) is 13.2. The van der Waals surface area contributed by atoms with E-state index in [1.165, 1.54) is 11.3 Å². The minimum Gasteiger partial charge on any atom is -0.396 e. The molecule has 4 nitrogen and oxygen atoms in total. The first-order valence-electron chi connectivity index (χ1n) is 6.83. The van der Waals surface area contributed by atoms with Crippen molar-refractivity contribution < 1.29 is 13.5 Å². The van der Waals surface area contributed by atoms with E-state index < -0.39 is 16.1 Å². The predicted octanol–water partition coefficient (Wildman–Crippen LogP) is 2.71. The molecule has 1 aromatic heterocycles. The molecule has 0 bridgehead atoms. The summed E-state index contributed by atoms with van der Waals surface area (Å²) in [5, 5.41) is 9.18. The highest BCUT2D eigenvalue weighted by Gasteiger charge is 2.22. The van der Waals surface area contributed by atoms with Gasteiger partial charge in [-0.15, -0.1) is 11.3 Å². The number of rotatable bonds is 7. The molecule has 0 amide bonds. The second-order valence-corrected chi connectivity index (χ2v) is 7.78. The average molecular weight is 325 g/mol. The number of hydrogen-bond acceptors (Lipinski definition) is 4. The van der Waals surface area contributed by atoms with E-state index in [0.29, 0.717) is 10.6 Å². The highest BCUT2D eigenvalue weighted by atomic mass is 32.2. The Kier molecular flexibility index (Phi) is 5.52. The molecular weight excluding hydrogens is 306 g/mol. The summed E-state index contributed by atoms with van der Waals surface area (Å²) >= 11 is 1.28. The van der Waals surface area contributed by atoms with Crippen LogP contribution in [0, 0.1) is 0 Å². The van der Waals surface area contributed by atoms with Gasteiger partial charge in [0.05, 0.1) is 0 Å². The van der Waals surface area contributed by atoms with E-state index in [2.05, 4.69) is 4.72 Å². The molecule has 0 radical (unpaired) electrons. The Morgan fingerprint density at radius 2 is 1.90 bits per heavy atom. The Hall–Kier alpha value is -1.21. The number of hydrogen-bond donors (Lipinski definition) is 2. The van der Waals surface area contributed by atoms with Gasteiger partial charge in [-0.05, 0) is 30.5 Å². The van der Waals surface area contributed by atoms with Gasteiger partial charge in [0.25, 0.3) is 10.0 Å². The monoisotopic (exact) mass is 325 g/mol. The van der Waals surface area contributed by atoms with Gasteiger partial charge in [-0.25, -0.2) is 13.1 Å². The van der Waals surface area contributed by atoms with E-state index in [0.717, 1.165) is 16.9 Å². The molecule has 0 aliphatic rings. The van der Waals surface area contributed by atoms with Crippen LogP contribution >= 0.6 is 11.3 Å². The number of sulfonamides is 1. The molecule has 0 aliphatic carbocycles. The van der Waals surface area contributed by atoms with Gasteiger partial charge in [-0.1, -0.05) is 37.3 Å². The van der Waals surface area contributed by atoms with Crippen LogP contribution in [-0.4, -0.2) is 20.1 Å². The molecule has 0 spiro atoms. The minimum absolute atomic E-state index is 0.0767. The number of thiophene rings is 1. The van der Waals surface area contributed by atoms with Gasteiger partial charge < -0.3 is 5.11 Å². The van der Waals surface area contributed by atoms with Crippen molar-refractivity contribution in [3.8, 4) is 0 Å². The van der Waals surface area contributed by atoms with E-state index in [1.54, 1.807) is 6.07 Å². The fraction of sp³-hybridized carbons (Fsp3) is 0.333. The van der Waals surface area contributed by atoms with Gasteiger partial charge in [0.2, 0.25) is 0 Å². The van der Waals surface area contributed by atoms with Crippen LogP contribution in [0.1, 0.15) is 29.8 Å². The smallest absolute Gasteiger partial charge is 0.250 e. The maximum absolute atomic E-state index is 12.4. The van der Waals surface area contributed by atoms with Gasteiger partial charge in [-0.2, -0.15) is 0 Å². The topological polar surface area (TPSA) is 66.4 Å². The Bertz CT molecular complexity index is 665. The van der Waals surface area contributed by atoms with Crippen molar-refractivity contribution in [3.63, 3.8) is 0 Å². The third-order valence-electron chi connectivity index (χ3n) is 3.17. The zero-order valence-electron chi connectivity index (χ0n) is 11.8. The van der Waals surface area contributed by atoms with Crippen LogP contribution in [0.2, 0.25) is 0 Å². The number of nitrogens with one attached hydrogen (secondary N) is 1. The second kappa shape index (κ2) is 7.17. The van der Waals surface area contributed by atoms with Crippen molar-refractivity contribution in [1.29, 1.82) is 0 Å². The third-order valence-corrected chi connectivity index (χ3v) is 6.36. The molecule has 1 aromatic carbocycles. The molecule has 0 unspecified atom stereocenters. The van der Waals surface area contributed by atoms with Crippen LogP contribution in [0.3, 0.4) is 0 Å². The van der Waals surface area contributed by atoms with E-state index in [1.807, 2.05) is 43.3 Å². The van der Waals surface area contributed by atoms with Crippen LogP contribution in [0.4, 0.5) is 0 Å². The summed E-state index contributed by atoms with van der Waals surface area (Å²) in [5.41, 5.74) is 0.849. The van der Waals surface area contributed by atoms with Crippen LogP contribution < -0.4 is 4.72 Å². The van der Waals surface area contributed by atoms with Gasteiger partial charge in [-0.3, -0.25) is 0 Å². The Balaban J connectivity index is 2.23. The summed E-state index contributed by atoms with van der Waals surface area (Å²) in [4.78, 5) is 1.04. The molecule has 0 aliphatic heterocycles. The highest BCUT2D eigenvalue weighted by molar-refractivity contribution is 7.91. The maximum Gasteiger partial charge on any atom is 0.250 e. The molecule has 2 aromatic rings. The summed E-state index contributed by atoms with van der Waals surface area (Å²) in [7, 11) is -3.56. The molecule has 2 rings (SSSR count). The number of aryl methyl sites for hydroxylation is 1. The van der Waals surface area contributed by atoms with Crippen LogP contribution in [0.25, 0.3) is 0 Å². The van der Waals surface area contributed by atoms with Gasteiger partial charge in [0.15, 0.2) is 0 Å². The fourth-order valence-electron chi connectivity index (χ4n) is 2.05. The minimum atomic E-state index is -3.56. The Labute approximate surface area is 129 Å². The summed E-state index contributed by atoms with van der Waals surface area (Å²) in [5.74, 6) is 0. The van der Waals surface area contributed by atoms with Crippen molar-refractivity contribution in [2.24, 2.45) is 0 Å². The lowest BCUT2D eigenvalue weighted by molar-refractivity contribution is 0.272. The number of benzene rings is 1. The van der Waals surface area contributed by atoms with Gasteiger partial charge in [0, 0.05) is 17.5 Å². The van der Waals surface area contributed by atoms with Crippen LogP contribution in [-0.2, 0) is 16.4 Å². The Morgan fingerprint density at radius 3 is 2.48 bits per heavy atom. The first kappa shape index (κ1) is 16.2. The van der Waals surface area contributed by atoms with E-state index in [-0.39, 0.29) is 6.61 Å². The van der Waals surface area contributed by atoms with E-state index >= 15 is 0 Å². The fourth-order valence-corrected chi connectivity index (χ4v) is 4.62. The van der Waals surface area contributed by atoms with E-state index in [4.69, 9.17) is 0 Å². The summed E-state index contributed by atoms with van der Waals surface area (Å²) in [6, 6.07) is 12.3. The molecule has 0 saturated heterocycles. The Morgan fingerprint density at radius 1 is 1.19 bits per heavy atom. The van der Waals surface area contributed by atoms with Crippen molar-refractivity contribution >= 4 is 21.4 Å². The van der Waals surface area contributed by atoms with Crippen LogP contribution in [0.15, 0.2) is 46.7 Å². The molecule has 6 heteroatoms. The molecule has 2 N–H and O–H groups in total. The first-order chi connectivity index (χ1) is 10.1. The summed E-state index contributed by atoms with van der Waals surface area (Å²) in [6.07, 6.45) is 1.16. The molecule has 1 atom stereocenters. The standard InChI is InChI=1S/C15H19NO3S2/c1-2-13-8-9-15(20-13)21(18,19)16-14(10-11-17)12-6-4-3-5-7-12/h3-9,14,16-17H,2,10-11H2,1H3/t14-/m1/s1. The molecule has 114 valence electrons. The van der Waals surface area contributed by atoms with Crippen molar-refractivity contribution in [2.75, 3.05) is 6.61 Å². The molecular formula is C15H19NO3S2. The lowest BCUT2D eigenvalue weighted by Crippen LogP contribution is -2.28. The SMILES string of the molecule is CCc1ccc(S(=O)(=O)N[C@H](CCO)c2ccccc2)s1. The quantitative estimate of drug-likeness (QED) is 0.822. The summed E-state index contributed by atoms with van der Waals surface area (Å²) in [6.45, 7) is 1.92. The molecule has 1 heterocycles. The average Bonchev–Trinajstić information content (AvgIpc) is 2.97. The van der Waals surface area contributed by atoms with Gasteiger partial charge >= 0.3 is 0 Å². The van der Waals surface area contributed by atoms with Crippen molar-refractivity contribution in [3.05, 3.63) is 52.9 Å². The zero-order chi connectivity index (χ0) is 15.3. The van der Waals surface area contributed by atoms with Crippen molar-refractivity contribution in [1.82, 2.24) is 4.72 Å². The molecule has 0 fully saturated rings. The highest BCUT2D eigenvalue weighted by Crippen LogP contribution is 2.25. The first-order valence-corrected chi connectivity index (χ1v) is 9.13. The molecule has 21 heavy (non-hydrogen) atoms. The summed E-state index contributed by atoms with van der Waals surface area (Å²) < 4.78 is 27.9. The number of aliphatic hydroxyl groups excluding tert-OH is 1. The molecule has 0 saturated carbocycles. The predicted molar refractivity (Wildman–Crippen MR) is 84.9 cm³/mol. The largest absolute Gasteiger partial charge is 0.396 e. The second-order valence-electron chi connectivity index (χ2n) is 4.67. The third kappa shape index (κ3) is 4.14. The lowest BCUT2D eigenvalue weighted by atomic mass is 10.1. The van der Waals surface area contributed by atoms with Crippen LogP contribution in [0.5, 0.6) is 0 Å². The van der Waals surface area contributed by atoms with Crippen molar-refractivity contribution in [2.45, 2.75) is 30.0 Å². The maximum atomic E-state index is 12.4. The zero-order valence-corrected chi connectivity index (χ0v) is 13.5. The number of aliphatic hydroxyl groups is 1. The van der Waals surface area contributed by atoms with Gasteiger partial charge in [0.1, 0.15) is 4.21 Å².